The first-order valence-electron chi connectivity index (χ1n) is 9.58. The van der Waals surface area contributed by atoms with Crippen molar-refractivity contribution in [2.75, 3.05) is 23.3 Å². The number of ether oxygens (including phenoxy) is 1. The summed E-state index contributed by atoms with van der Waals surface area (Å²) in [6, 6.07) is 6.71. The number of carboxylic acid groups (broad SMARTS) is 1. The van der Waals surface area contributed by atoms with Crippen molar-refractivity contribution < 1.29 is 19.6 Å². The molecule has 0 bridgehead atoms. The lowest BCUT2D eigenvalue weighted by Gasteiger charge is -2.31. The smallest absolute Gasteiger partial charge is 0.450 e. The minimum atomic E-state index is -1.29. The summed E-state index contributed by atoms with van der Waals surface area (Å²) in [6.07, 6.45) is -0.655. The molecule has 3 aromatic rings. The number of hydrogen-bond donors (Lipinski definition) is 2. The number of carbonyl (C=O) groups is 1. The molecule has 32 heavy (non-hydrogen) atoms. The predicted octanol–water partition coefficient (Wildman–Crippen LogP) is 5.18. The van der Waals surface area contributed by atoms with E-state index in [2.05, 4.69) is 15.3 Å². The van der Waals surface area contributed by atoms with Crippen LogP contribution in [-0.2, 0) is 11.3 Å². The molecule has 13 heteroatoms. The molecule has 1 aliphatic rings. The van der Waals surface area contributed by atoms with Crippen molar-refractivity contribution in [3.8, 4) is 0 Å². The monoisotopic (exact) mass is 497 g/mol. The molecule has 0 aliphatic carbocycles. The Morgan fingerprint density at radius 3 is 2.69 bits per heavy atom. The van der Waals surface area contributed by atoms with Gasteiger partial charge in [0.05, 0.1) is 20.4 Å². The molecule has 3 heterocycles. The standard InChI is InChI=1S/C19H17Cl2N5O5S/c20-13-2-1-10(7-14(13)21)9-22-16-12-8-15(26(29)30)32-17(12)24-18(23-16)25-5-3-11(4-6-25)31-19(27)28/h1-2,7-8,11H,3-6,9H2,(H,27,28)(H,22,23,24). The van der Waals surface area contributed by atoms with Crippen molar-refractivity contribution in [2.24, 2.45) is 0 Å². The topological polar surface area (TPSA) is 131 Å². The largest absolute Gasteiger partial charge is 0.506 e. The van der Waals surface area contributed by atoms with Crippen LogP contribution in [0, 0.1) is 10.1 Å². The molecule has 2 N–H and O–H groups in total. The van der Waals surface area contributed by atoms with Gasteiger partial charge in [0, 0.05) is 38.5 Å². The number of fused-ring (bicyclic) bond motifs is 1. The number of aromatic nitrogens is 2. The zero-order chi connectivity index (χ0) is 22.8. The fourth-order valence-corrected chi connectivity index (χ4v) is 4.58. The second kappa shape index (κ2) is 9.31. The Labute approximate surface area is 195 Å². The normalized spacial score (nSPS) is 14.5. The first-order valence-corrected chi connectivity index (χ1v) is 11.2. The van der Waals surface area contributed by atoms with Gasteiger partial charge in [0.2, 0.25) is 5.95 Å². The van der Waals surface area contributed by atoms with E-state index in [0.29, 0.717) is 64.5 Å². The van der Waals surface area contributed by atoms with Crippen LogP contribution < -0.4 is 10.2 Å². The molecule has 1 fully saturated rings. The zero-order valence-electron chi connectivity index (χ0n) is 16.5. The van der Waals surface area contributed by atoms with Crippen LogP contribution >= 0.6 is 34.5 Å². The van der Waals surface area contributed by atoms with Crippen LogP contribution in [0.2, 0.25) is 10.0 Å². The second-order valence-corrected chi connectivity index (χ2v) is 8.93. The van der Waals surface area contributed by atoms with E-state index in [9.17, 15) is 14.9 Å². The number of nitro groups is 1. The molecule has 0 amide bonds. The first-order chi connectivity index (χ1) is 15.3. The Morgan fingerprint density at radius 1 is 1.28 bits per heavy atom. The number of anilines is 2. The Morgan fingerprint density at radius 2 is 2.03 bits per heavy atom. The third kappa shape index (κ3) is 4.95. The van der Waals surface area contributed by atoms with Gasteiger partial charge in [-0.3, -0.25) is 10.1 Å². The quantitative estimate of drug-likeness (QED) is 0.268. The number of nitrogens with zero attached hydrogens (tertiary/aromatic N) is 4. The van der Waals surface area contributed by atoms with Crippen molar-refractivity contribution in [3.05, 3.63) is 50.0 Å². The van der Waals surface area contributed by atoms with Gasteiger partial charge in [-0.15, -0.1) is 0 Å². The van der Waals surface area contributed by atoms with E-state index in [1.54, 1.807) is 12.1 Å². The van der Waals surface area contributed by atoms with Gasteiger partial charge in [-0.2, -0.15) is 4.98 Å². The van der Waals surface area contributed by atoms with Crippen LogP contribution in [0.3, 0.4) is 0 Å². The van der Waals surface area contributed by atoms with Gasteiger partial charge in [0.15, 0.2) is 0 Å². The summed E-state index contributed by atoms with van der Waals surface area (Å²) >= 11 is 13.0. The number of rotatable bonds is 6. The van der Waals surface area contributed by atoms with Crippen LogP contribution in [0.4, 0.5) is 21.6 Å². The van der Waals surface area contributed by atoms with Crippen molar-refractivity contribution in [2.45, 2.75) is 25.5 Å². The van der Waals surface area contributed by atoms with Crippen LogP contribution in [0.15, 0.2) is 24.3 Å². The molecule has 168 valence electrons. The molecule has 4 rings (SSSR count). The van der Waals surface area contributed by atoms with Gasteiger partial charge in [0.1, 0.15) is 16.8 Å². The maximum absolute atomic E-state index is 11.3. The molecule has 1 aliphatic heterocycles. The maximum atomic E-state index is 11.3. The Hall–Kier alpha value is -2.89. The van der Waals surface area contributed by atoms with Crippen molar-refractivity contribution in [1.29, 1.82) is 0 Å². The van der Waals surface area contributed by atoms with Gasteiger partial charge >= 0.3 is 11.2 Å². The fourth-order valence-electron chi connectivity index (χ4n) is 3.42. The summed E-state index contributed by atoms with van der Waals surface area (Å²) in [4.78, 5) is 33.1. The summed E-state index contributed by atoms with van der Waals surface area (Å²) in [5.74, 6) is 0.879. The van der Waals surface area contributed by atoms with E-state index in [0.717, 1.165) is 16.9 Å². The highest BCUT2D eigenvalue weighted by atomic mass is 35.5. The summed E-state index contributed by atoms with van der Waals surface area (Å²) in [5, 5.41) is 24.7. The lowest BCUT2D eigenvalue weighted by molar-refractivity contribution is -0.380. The molecular formula is C19H17Cl2N5O5S. The van der Waals surface area contributed by atoms with Gasteiger partial charge in [-0.25, -0.2) is 9.78 Å². The number of hydrogen-bond acceptors (Lipinski definition) is 9. The third-order valence-corrected chi connectivity index (χ3v) is 6.70. The van der Waals surface area contributed by atoms with Crippen LogP contribution in [-0.4, -0.2) is 45.3 Å². The molecule has 0 spiro atoms. The predicted molar refractivity (Wildman–Crippen MR) is 122 cm³/mol. The van der Waals surface area contributed by atoms with Crippen LogP contribution in [0.25, 0.3) is 10.2 Å². The summed E-state index contributed by atoms with van der Waals surface area (Å²) in [5.41, 5.74) is 0.865. The third-order valence-electron chi connectivity index (χ3n) is 4.98. The average molecular weight is 498 g/mol. The molecule has 2 aromatic heterocycles. The molecule has 0 atom stereocenters. The molecular weight excluding hydrogens is 481 g/mol. The fraction of sp³-hybridized carbons (Fsp3) is 0.316. The number of piperidine rings is 1. The van der Waals surface area contributed by atoms with Crippen molar-refractivity contribution >= 4 is 67.7 Å². The van der Waals surface area contributed by atoms with Gasteiger partial charge < -0.3 is 20.1 Å². The Balaban J connectivity index is 1.60. The summed E-state index contributed by atoms with van der Waals surface area (Å²) in [6.45, 7) is 1.38. The number of nitrogens with one attached hydrogen (secondary N) is 1. The van der Waals surface area contributed by atoms with Gasteiger partial charge in [-0.05, 0) is 29.0 Å². The number of benzene rings is 1. The minimum Gasteiger partial charge on any atom is -0.450 e. The minimum absolute atomic E-state index is 0.0300. The zero-order valence-corrected chi connectivity index (χ0v) is 18.8. The number of thiophene rings is 1. The van der Waals surface area contributed by atoms with E-state index in [-0.39, 0.29) is 11.1 Å². The van der Waals surface area contributed by atoms with Gasteiger partial charge in [-0.1, -0.05) is 29.3 Å². The van der Waals surface area contributed by atoms with E-state index in [4.69, 9.17) is 33.0 Å². The number of halogens is 2. The lowest BCUT2D eigenvalue weighted by Crippen LogP contribution is -2.38. The van der Waals surface area contributed by atoms with Crippen LogP contribution in [0.5, 0.6) is 0 Å². The summed E-state index contributed by atoms with van der Waals surface area (Å²) in [7, 11) is 0. The van der Waals surface area contributed by atoms with E-state index in [1.165, 1.54) is 6.07 Å². The molecule has 1 saturated heterocycles. The van der Waals surface area contributed by atoms with Gasteiger partial charge in [0.25, 0.3) is 0 Å². The van der Waals surface area contributed by atoms with E-state index in [1.807, 2.05) is 11.0 Å². The SMILES string of the molecule is O=C(O)OC1CCN(c2nc(NCc3ccc(Cl)c(Cl)c3)c3cc([N+](=O)[O-])sc3n2)CC1. The molecule has 0 unspecified atom stereocenters. The highest BCUT2D eigenvalue weighted by Gasteiger charge is 2.25. The molecule has 0 saturated carbocycles. The first kappa shape index (κ1) is 22.3. The Bertz CT molecular complexity index is 1180. The average Bonchev–Trinajstić information content (AvgIpc) is 3.19. The van der Waals surface area contributed by atoms with E-state index < -0.39 is 11.1 Å². The highest BCUT2D eigenvalue weighted by Crippen LogP contribution is 2.36. The second-order valence-electron chi connectivity index (χ2n) is 7.10. The van der Waals surface area contributed by atoms with Crippen molar-refractivity contribution in [1.82, 2.24) is 9.97 Å². The molecule has 1 aromatic carbocycles. The molecule has 0 radical (unpaired) electrons. The van der Waals surface area contributed by atoms with Crippen molar-refractivity contribution in [3.63, 3.8) is 0 Å². The highest BCUT2D eigenvalue weighted by molar-refractivity contribution is 7.21. The molecule has 10 nitrogen and oxygen atoms in total. The Kier molecular flexibility index (Phi) is 6.49. The van der Waals surface area contributed by atoms with E-state index >= 15 is 0 Å². The summed E-state index contributed by atoms with van der Waals surface area (Å²) < 4.78 is 4.85. The van der Waals surface area contributed by atoms with Crippen LogP contribution in [0.1, 0.15) is 18.4 Å². The maximum Gasteiger partial charge on any atom is 0.506 e. The lowest BCUT2D eigenvalue weighted by atomic mass is 10.1.